The second-order valence-electron chi connectivity index (χ2n) is 4.86. The number of aromatic nitrogens is 3. The maximum Gasteiger partial charge on any atom is 0.256 e. The predicted molar refractivity (Wildman–Crippen MR) is 93.2 cm³/mol. The Kier molecular flexibility index (Phi) is 4.19. The normalized spacial score (nSPS) is 10.5. The van der Waals surface area contributed by atoms with Gasteiger partial charge < -0.3 is 5.32 Å². The molecular formula is C16H13IN4O. The molecule has 5 nitrogen and oxygen atoms in total. The van der Waals surface area contributed by atoms with E-state index >= 15 is 0 Å². The Morgan fingerprint density at radius 3 is 2.68 bits per heavy atom. The number of rotatable bonds is 3. The lowest BCUT2D eigenvalue weighted by atomic mass is 10.1. The number of nitrogens with one attached hydrogen (secondary N) is 1. The van der Waals surface area contributed by atoms with Crippen LogP contribution in [0.1, 0.15) is 15.9 Å². The number of carbonyl (C=O) groups is 1. The second kappa shape index (κ2) is 6.27. The highest BCUT2D eigenvalue weighted by atomic mass is 127. The van der Waals surface area contributed by atoms with Crippen molar-refractivity contribution in [1.29, 1.82) is 0 Å². The fourth-order valence-corrected chi connectivity index (χ4v) is 2.67. The van der Waals surface area contributed by atoms with Crippen molar-refractivity contribution in [3.8, 4) is 5.69 Å². The summed E-state index contributed by atoms with van der Waals surface area (Å²) in [5.41, 5.74) is 3.36. The van der Waals surface area contributed by atoms with Crippen molar-refractivity contribution in [2.24, 2.45) is 0 Å². The number of carbonyl (C=O) groups excluding carboxylic acids is 1. The maximum atomic E-state index is 12.4. The molecule has 0 saturated carbocycles. The van der Waals surface area contributed by atoms with Gasteiger partial charge in [0.25, 0.3) is 5.91 Å². The van der Waals surface area contributed by atoms with E-state index in [0.717, 1.165) is 20.5 Å². The first-order chi connectivity index (χ1) is 10.6. The average Bonchev–Trinajstić information content (AvgIpc) is 3.04. The van der Waals surface area contributed by atoms with Crippen LogP contribution >= 0.6 is 22.6 Å². The van der Waals surface area contributed by atoms with E-state index in [1.807, 2.05) is 49.4 Å². The zero-order valence-electron chi connectivity index (χ0n) is 11.8. The molecule has 0 aliphatic heterocycles. The summed E-state index contributed by atoms with van der Waals surface area (Å²) in [7, 11) is 0. The third-order valence-electron chi connectivity index (χ3n) is 3.19. The Bertz CT molecular complexity index is 815. The van der Waals surface area contributed by atoms with Gasteiger partial charge in [0.1, 0.15) is 12.7 Å². The first-order valence-electron chi connectivity index (χ1n) is 6.66. The fourth-order valence-electron chi connectivity index (χ4n) is 2.09. The molecule has 1 N–H and O–H groups in total. The molecule has 0 aliphatic carbocycles. The van der Waals surface area contributed by atoms with Crippen molar-refractivity contribution in [3.63, 3.8) is 0 Å². The average molecular weight is 404 g/mol. The topological polar surface area (TPSA) is 59.8 Å². The standard InChI is InChI=1S/C16H13IN4O/c1-11-5-6-15(17)14(7-11)16(22)20-12-3-2-4-13(8-12)21-9-18-19-10-21/h2-10H,1H3,(H,20,22). The molecule has 0 spiro atoms. The quantitative estimate of drug-likeness (QED) is 0.681. The Hall–Kier alpha value is -2.22. The maximum absolute atomic E-state index is 12.4. The molecule has 6 heteroatoms. The summed E-state index contributed by atoms with van der Waals surface area (Å²) in [6.07, 6.45) is 3.23. The van der Waals surface area contributed by atoms with Crippen LogP contribution in [0.25, 0.3) is 5.69 Å². The van der Waals surface area contributed by atoms with Crippen molar-refractivity contribution in [2.75, 3.05) is 5.32 Å². The Labute approximate surface area is 141 Å². The van der Waals surface area contributed by atoms with E-state index in [1.165, 1.54) is 0 Å². The van der Waals surface area contributed by atoms with Gasteiger partial charge in [-0.05, 0) is 59.8 Å². The Morgan fingerprint density at radius 2 is 1.91 bits per heavy atom. The van der Waals surface area contributed by atoms with Crippen LogP contribution in [-0.2, 0) is 0 Å². The lowest BCUT2D eigenvalue weighted by Crippen LogP contribution is -2.13. The molecule has 0 aliphatic rings. The molecule has 110 valence electrons. The summed E-state index contributed by atoms with van der Waals surface area (Å²) in [5.74, 6) is -0.117. The van der Waals surface area contributed by atoms with Gasteiger partial charge in [-0.2, -0.15) is 0 Å². The van der Waals surface area contributed by atoms with Gasteiger partial charge in [0.2, 0.25) is 0 Å². The molecule has 22 heavy (non-hydrogen) atoms. The number of aryl methyl sites for hydroxylation is 1. The van der Waals surface area contributed by atoms with E-state index < -0.39 is 0 Å². The molecule has 0 atom stereocenters. The second-order valence-corrected chi connectivity index (χ2v) is 6.02. The first-order valence-corrected chi connectivity index (χ1v) is 7.74. The van der Waals surface area contributed by atoms with Crippen LogP contribution in [-0.4, -0.2) is 20.7 Å². The molecule has 3 rings (SSSR count). The van der Waals surface area contributed by atoms with Gasteiger partial charge in [-0.1, -0.05) is 17.7 Å². The zero-order valence-corrected chi connectivity index (χ0v) is 14.0. The van der Waals surface area contributed by atoms with Crippen molar-refractivity contribution in [2.45, 2.75) is 6.92 Å². The number of anilines is 1. The van der Waals surface area contributed by atoms with Gasteiger partial charge in [0, 0.05) is 9.26 Å². The number of hydrogen-bond donors (Lipinski definition) is 1. The zero-order chi connectivity index (χ0) is 15.5. The minimum absolute atomic E-state index is 0.117. The molecule has 2 aromatic carbocycles. The lowest BCUT2D eigenvalue weighted by molar-refractivity contribution is 0.102. The van der Waals surface area contributed by atoms with Crippen LogP contribution < -0.4 is 5.32 Å². The summed E-state index contributed by atoms with van der Waals surface area (Å²) in [5, 5.41) is 10.5. The number of halogens is 1. The molecular weight excluding hydrogens is 391 g/mol. The molecule has 1 amide bonds. The van der Waals surface area contributed by atoms with Crippen LogP contribution in [0.2, 0.25) is 0 Å². The molecule has 0 saturated heterocycles. The molecule has 0 unspecified atom stereocenters. The van der Waals surface area contributed by atoms with E-state index in [4.69, 9.17) is 0 Å². The van der Waals surface area contributed by atoms with Gasteiger partial charge in [-0.25, -0.2) is 0 Å². The van der Waals surface area contributed by atoms with E-state index in [-0.39, 0.29) is 5.91 Å². The summed E-state index contributed by atoms with van der Waals surface area (Å²) >= 11 is 2.17. The van der Waals surface area contributed by atoms with Crippen LogP contribution in [0.5, 0.6) is 0 Å². The Balaban J connectivity index is 1.85. The molecule has 1 heterocycles. The number of benzene rings is 2. The smallest absolute Gasteiger partial charge is 0.256 e. The SMILES string of the molecule is Cc1ccc(I)c(C(=O)Nc2cccc(-n3cnnc3)c2)c1. The van der Waals surface area contributed by atoms with Gasteiger partial charge in [0.15, 0.2) is 0 Å². The monoisotopic (exact) mass is 404 g/mol. The summed E-state index contributed by atoms with van der Waals surface area (Å²) in [4.78, 5) is 12.4. The highest BCUT2D eigenvalue weighted by molar-refractivity contribution is 14.1. The highest BCUT2D eigenvalue weighted by Gasteiger charge is 2.11. The van der Waals surface area contributed by atoms with E-state index in [9.17, 15) is 4.79 Å². The van der Waals surface area contributed by atoms with Crippen molar-refractivity contribution in [3.05, 3.63) is 69.8 Å². The minimum Gasteiger partial charge on any atom is -0.322 e. The van der Waals surface area contributed by atoms with Gasteiger partial charge in [-0.3, -0.25) is 9.36 Å². The molecule has 0 radical (unpaired) electrons. The molecule has 1 aromatic heterocycles. The molecule has 3 aromatic rings. The summed E-state index contributed by atoms with van der Waals surface area (Å²) in [6, 6.07) is 13.4. The minimum atomic E-state index is -0.117. The number of hydrogen-bond acceptors (Lipinski definition) is 3. The van der Waals surface area contributed by atoms with Crippen molar-refractivity contribution >= 4 is 34.2 Å². The molecule has 0 fully saturated rings. The van der Waals surface area contributed by atoms with Gasteiger partial charge >= 0.3 is 0 Å². The van der Waals surface area contributed by atoms with Crippen molar-refractivity contribution in [1.82, 2.24) is 14.8 Å². The van der Waals surface area contributed by atoms with E-state index in [1.54, 1.807) is 17.2 Å². The van der Waals surface area contributed by atoms with E-state index in [2.05, 4.69) is 38.1 Å². The third-order valence-corrected chi connectivity index (χ3v) is 4.13. The fraction of sp³-hybridized carbons (Fsp3) is 0.0625. The first kappa shape index (κ1) is 14.7. The van der Waals surface area contributed by atoms with Crippen LogP contribution in [0.4, 0.5) is 5.69 Å². The Morgan fingerprint density at radius 1 is 1.14 bits per heavy atom. The lowest BCUT2D eigenvalue weighted by Gasteiger charge is -2.09. The number of amides is 1. The van der Waals surface area contributed by atoms with Crippen LogP contribution in [0.3, 0.4) is 0 Å². The number of nitrogens with zero attached hydrogens (tertiary/aromatic N) is 3. The van der Waals surface area contributed by atoms with Gasteiger partial charge in [0.05, 0.1) is 11.3 Å². The van der Waals surface area contributed by atoms with Crippen LogP contribution in [0, 0.1) is 10.5 Å². The van der Waals surface area contributed by atoms with Crippen molar-refractivity contribution < 1.29 is 4.79 Å². The van der Waals surface area contributed by atoms with E-state index in [0.29, 0.717) is 5.56 Å². The third kappa shape index (κ3) is 3.16. The predicted octanol–water partition coefficient (Wildman–Crippen LogP) is 3.43. The molecule has 0 bridgehead atoms. The van der Waals surface area contributed by atoms with Gasteiger partial charge in [-0.15, -0.1) is 10.2 Å². The highest BCUT2D eigenvalue weighted by Crippen LogP contribution is 2.18. The summed E-state index contributed by atoms with van der Waals surface area (Å²) < 4.78 is 2.71. The largest absolute Gasteiger partial charge is 0.322 e. The van der Waals surface area contributed by atoms with Crippen LogP contribution in [0.15, 0.2) is 55.1 Å². The summed E-state index contributed by atoms with van der Waals surface area (Å²) in [6.45, 7) is 1.97.